The largest absolute Gasteiger partial charge is 0.309 e. The minimum atomic E-state index is -0.0531. The molecule has 0 spiro atoms. The number of hydrogen-bond acceptors (Lipinski definition) is 3. The summed E-state index contributed by atoms with van der Waals surface area (Å²) in [4.78, 5) is 19.4. The first-order valence-corrected chi connectivity index (χ1v) is 7.47. The Morgan fingerprint density at radius 2 is 2.20 bits per heavy atom. The highest BCUT2D eigenvalue weighted by Crippen LogP contribution is 2.34. The lowest BCUT2D eigenvalue weighted by Crippen LogP contribution is -2.30. The zero-order chi connectivity index (χ0) is 13.9. The number of H-pyrrole nitrogens is 1. The summed E-state index contributed by atoms with van der Waals surface area (Å²) < 4.78 is 0. The summed E-state index contributed by atoms with van der Waals surface area (Å²) in [6, 6.07) is 7.99. The third kappa shape index (κ3) is 3.07. The van der Waals surface area contributed by atoms with Crippen molar-refractivity contribution in [3.63, 3.8) is 0 Å². The molecule has 1 aromatic carbocycles. The summed E-state index contributed by atoms with van der Waals surface area (Å²) >= 11 is 0. The van der Waals surface area contributed by atoms with Gasteiger partial charge in [0, 0.05) is 6.04 Å². The monoisotopic (exact) mass is 271 g/mol. The molecule has 0 radical (unpaired) electrons. The molecule has 1 aliphatic carbocycles. The van der Waals surface area contributed by atoms with Crippen LogP contribution >= 0.6 is 0 Å². The van der Waals surface area contributed by atoms with Crippen LogP contribution in [-0.4, -0.2) is 16.0 Å². The van der Waals surface area contributed by atoms with E-state index in [9.17, 15) is 4.79 Å². The van der Waals surface area contributed by atoms with E-state index < -0.39 is 0 Å². The summed E-state index contributed by atoms with van der Waals surface area (Å²) in [7, 11) is 0. The van der Waals surface area contributed by atoms with Crippen LogP contribution in [0.15, 0.2) is 29.1 Å². The van der Waals surface area contributed by atoms with Crippen molar-refractivity contribution in [3.05, 3.63) is 40.4 Å². The molecule has 20 heavy (non-hydrogen) atoms. The minimum Gasteiger partial charge on any atom is -0.309 e. The van der Waals surface area contributed by atoms with Crippen LogP contribution in [0.4, 0.5) is 0 Å². The van der Waals surface area contributed by atoms with Gasteiger partial charge in [-0.3, -0.25) is 4.79 Å². The van der Waals surface area contributed by atoms with E-state index in [1.54, 1.807) is 6.07 Å². The number of benzene rings is 1. The van der Waals surface area contributed by atoms with E-state index in [4.69, 9.17) is 0 Å². The smallest absolute Gasteiger partial charge is 0.258 e. The van der Waals surface area contributed by atoms with Crippen molar-refractivity contribution in [2.75, 3.05) is 0 Å². The highest BCUT2D eigenvalue weighted by molar-refractivity contribution is 5.77. The Bertz CT molecular complexity index is 645. The molecule has 0 aliphatic heterocycles. The van der Waals surface area contributed by atoms with Gasteiger partial charge in [-0.1, -0.05) is 31.9 Å². The standard InChI is InChI=1S/C16H21N3O/c1-2-12(9-11-7-8-11)17-10-15-18-14-6-4-3-5-13(14)16(20)19-15/h3-6,11-12,17H,2,7-10H2,1H3,(H,18,19,20). The Morgan fingerprint density at radius 1 is 1.40 bits per heavy atom. The predicted octanol–water partition coefficient (Wildman–Crippen LogP) is 2.59. The van der Waals surface area contributed by atoms with Crippen molar-refractivity contribution in [1.29, 1.82) is 0 Å². The third-order valence-electron chi connectivity index (χ3n) is 4.03. The van der Waals surface area contributed by atoms with Crippen molar-refractivity contribution < 1.29 is 0 Å². The van der Waals surface area contributed by atoms with Crippen LogP contribution < -0.4 is 10.9 Å². The number of hydrogen-bond donors (Lipinski definition) is 2. The number of fused-ring (bicyclic) bond motifs is 1. The fourth-order valence-electron chi connectivity index (χ4n) is 2.61. The maximum absolute atomic E-state index is 12.0. The summed E-state index contributed by atoms with van der Waals surface area (Å²) in [5.74, 6) is 1.64. The van der Waals surface area contributed by atoms with E-state index in [-0.39, 0.29) is 5.56 Å². The average molecular weight is 271 g/mol. The van der Waals surface area contributed by atoms with E-state index >= 15 is 0 Å². The Balaban J connectivity index is 1.71. The van der Waals surface area contributed by atoms with Crippen LogP contribution in [0.3, 0.4) is 0 Å². The van der Waals surface area contributed by atoms with Crippen LogP contribution in [0.1, 0.15) is 38.4 Å². The third-order valence-corrected chi connectivity index (χ3v) is 4.03. The fourth-order valence-corrected chi connectivity index (χ4v) is 2.61. The summed E-state index contributed by atoms with van der Waals surface area (Å²) in [5.41, 5.74) is 0.714. The second-order valence-corrected chi connectivity index (χ2v) is 5.69. The molecule has 0 saturated heterocycles. The molecular formula is C16H21N3O. The van der Waals surface area contributed by atoms with Gasteiger partial charge in [-0.25, -0.2) is 4.98 Å². The maximum atomic E-state index is 12.0. The average Bonchev–Trinajstić information content (AvgIpc) is 3.27. The molecule has 3 rings (SSSR count). The topological polar surface area (TPSA) is 57.8 Å². The molecule has 0 bridgehead atoms. The van der Waals surface area contributed by atoms with Crippen molar-refractivity contribution in [2.45, 2.75) is 45.2 Å². The number of para-hydroxylation sites is 1. The number of aromatic nitrogens is 2. The Kier molecular flexibility index (Phi) is 3.83. The van der Waals surface area contributed by atoms with Gasteiger partial charge in [0.2, 0.25) is 0 Å². The zero-order valence-corrected chi connectivity index (χ0v) is 11.9. The molecule has 106 valence electrons. The number of nitrogens with one attached hydrogen (secondary N) is 2. The van der Waals surface area contributed by atoms with Crippen LogP contribution in [0, 0.1) is 5.92 Å². The summed E-state index contributed by atoms with van der Waals surface area (Å²) in [5, 5.41) is 4.17. The minimum absolute atomic E-state index is 0.0531. The fraction of sp³-hybridized carbons (Fsp3) is 0.500. The van der Waals surface area contributed by atoms with Gasteiger partial charge in [0.1, 0.15) is 5.82 Å². The van der Waals surface area contributed by atoms with E-state index in [1.165, 1.54) is 19.3 Å². The first-order chi connectivity index (χ1) is 9.76. The summed E-state index contributed by atoms with van der Waals surface area (Å²) in [6.07, 6.45) is 5.12. The normalized spacial score (nSPS) is 16.4. The molecule has 1 aliphatic rings. The van der Waals surface area contributed by atoms with Crippen molar-refractivity contribution in [1.82, 2.24) is 15.3 Å². The molecule has 4 heteroatoms. The van der Waals surface area contributed by atoms with Gasteiger partial charge < -0.3 is 10.3 Å². The zero-order valence-electron chi connectivity index (χ0n) is 11.9. The molecule has 2 N–H and O–H groups in total. The second kappa shape index (κ2) is 5.75. The maximum Gasteiger partial charge on any atom is 0.258 e. The number of nitrogens with zero attached hydrogens (tertiary/aromatic N) is 1. The lowest BCUT2D eigenvalue weighted by atomic mass is 10.1. The molecule has 1 heterocycles. The van der Waals surface area contributed by atoms with Crippen LogP contribution in [0.25, 0.3) is 10.9 Å². The van der Waals surface area contributed by atoms with Gasteiger partial charge in [-0.2, -0.15) is 0 Å². The molecule has 0 amide bonds. The van der Waals surface area contributed by atoms with Crippen LogP contribution in [0.5, 0.6) is 0 Å². The van der Waals surface area contributed by atoms with E-state index in [1.807, 2.05) is 18.2 Å². The molecule has 1 aromatic heterocycles. The Hall–Kier alpha value is -1.68. The van der Waals surface area contributed by atoms with Gasteiger partial charge in [0.25, 0.3) is 5.56 Å². The number of rotatable bonds is 6. The molecule has 1 saturated carbocycles. The summed E-state index contributed by atoms with van der Waals surface area (Å²) in [6.45, 7) is 2.84. The van der Waals surface area contributed by atoms with Gasteiger partial charge in [0.15, 0.2) is 0 Å². The Labute approximate surface area is 118 Å². The lowest BCUT2D eigenvalue weighted by Gasteiger charge is -2.16. The molecule has 2 aromatic rings. The van der Waals surface area contributed by atoms with E-state index in [0.717, 1.165) is 23.7 Å². The molecule has 1 unspecified atom stereocenters. The highest BCUT2D eigenvalue weighted by atomic mass is 16.1. The van der Waals surface area contributed by atoms with Crippen LogP contribution in [0.2, 0.25) is 0 Å². The van der Waals surface area contributed by atoms with Crippen molar-refractivity contribution in [3.8, 4) is 0 Å². The molecule has 4 nitrogen and oxygen atoms in total. The van der Waals surface area contributed by atoms with Gasteiger partial charge >= 0.3 is 0 Å². The molecule has 1 atom stereocenters. The van der Waals surface area contributed by atoms with Crippen molar-refractivity contribution in [2.24, 2.45) is 5.92 Å². The lowest BCUT2D eigenvalue weighted by molar-refractivity contribution is 0.439. The van der Waals surface area contributed by atoms with Crippen molar-refractivity contribution >= 4 is 10.9 Å². The van der Waals surface area contributed by atoms with E-state index in [0.29, 0.717) is 18.0 Å². The second-order valence-electron chi connectivity index (χ2n) is 5.69. The van der Waals surface area contributed by atoms with E-state index in [2.05, 4.69) is 22.2 Å². The van der Waals surface area contributed by atoms with Crippen LogP contribution in [-0.2, 0) is 6.54 Å². The Morgan fingerprint density at radius 3 is 2.95 bits per heavy atom. The van der Waals surface area contributed by atoms with Gasteiger partial charge in [0.05, 0.1) is 17.4 Å². The quantitative estimate of drug-likeness (QED) is 0.849. The van der Waals surface area contributed by atoms with Gasteiger partial charge in [-0.05, 0) is 30.9 Å². The SMILES string of the molecule is CCC(CC1CC1)NCc1nc2ccccc2c(=O)[nH]1. The first-order valence-electron chi connectivity index (χ1n) is 7.47. The first kappa shape index (κ1) is 13.3. The number of aromatic amines is 1. The van der Waals surface area contributed by atoms with Gasteiger partial charge in [-0.15, -0.1) is 0 Å². The predicted molar refractivity (Wildman–Crippen MR) is 80.6 cm³/mol. The molecular weight excluding hydrogens is 250 g/mol. The highest BCUT2D eigenvalue weighted by Gasteiger charge is 2.24. The molecule has 1 fully saturated rings.